The first kappa shape index (κ1) is 11.5. The molecule has 1 N–H and O–H groups in total. The van der Waals surface area contributed by atoms with Crippen LogP contribution in [0.4, 0.5) is 0 Å². The van der Waals surface area contributed by atoms with Crippen molar-refractivity contribution in [1.82, 2.24) is 20.1 Å². The predicted octanol–water partition coefficient (Wildman–Crippen LogP) is 0.781. The standard InChI is InChI=1S/C11H20N4O/c1-8-6-10(4-5-16-8)12-7-11-14-13-9(2)15(11)3/h8,10,12H,4-7H2,1-3H3. The van der Waals surface area contributed by atoms with E-state index in [1.54, 1.807) is 0 Å². The maximum atomic E-state index is 5.51. The van der Waals surface area contributed by atoms with E-state index in [2.05, 4.69) is 22.4 Å². The Morgan fingerprint density at radius 2 is 2.31 bits per heavy atom. The van der Waals surface area contributed by atoms with Crippen molar-refractivity contribution in [3.05, 3.63) is 11.6 Å². The number of nitrogens with zero attached hydrogens (tertiary/aromatic N) is 3. The van der Waals surface area contributed by atoms with Crippen molar-refractivity contribution in [2.75, 3.05) is 6.61 Å². The van der Waals surface area contributed by atoms with Gasteiger partial charge in [-0.1, -0.05) is 0 Å². The summed E-state index contributed by atoms with van der Waals surface area (Å²) in [7, 11) is 2.00. The van der Waals surface area contributed by atoms with Crippen LogP contribution in [0.3, 0.4) is 0 Å². The molecule has 0 aromatic carbocycles. The molecule has 0 saturated carbocycles. The molecule has 0 bridgehead atoms. The zero-order chi connectivity index (χ0) is 11.5. The van der Waals surface area contributed by atoms with Gasteiger partial charge in [0.05, 0.1) is 12.6 Å². The van der Waals surface area contributed by atoms with E-state index in [-0.39, 0.29) is 0 Å². The Hall–Kier alpha value is -0.940. The SMILES string of the molecule is Cc1nnc(CNC2CCOC(C)C2)n1C. The van der Waals surface area contributed by atoms with Gasteiger partial charge in [0.25, 0.3) is 0 Å². The first-order valence-electron chi connectivity index (χ1n) is 5.86. The largest absolute Gasteiger partial charge is 0.378 e. The van der Waals surface area contributed by atoms with Crippen molar-refractivity contribution in [3.8, 4) is 0 Å². The van der Waals surface area contributed by atoms with Crippen LogP contribution in [0.1, 0.15) is 31.4 Å². The molecule has 2 unspecified atom stereocenters. The van der Waals surface area contributed by atoms with Gasteiger partial charge in [-0.25, -0.2) is 0 Å². The van der Waals surface area contributed by atoms with Gasteiger partial charge in [0.2, 0.25) is 0 Å². The summed E-state index contributed by atoms with van der Waals surface area (Å²) in [6.07, 6.45) is 2.53. The summed E-state index contributed by atoms with van der Waals surface area (Å²) >= 11 is 0. The van der Waals surface area contributed by atoms with Crippen LogP contribution in [0.25, 0.3) is 0 Å². The molecule has 90 valence electrons. The predicted molar refractivity (Wildman–Crippen MR) is 61.0 cm³/mol. The molecule has 1 aromatic rings. The Labute approximate surface area is 96.2 Å². The van der Waals surface area contributed by atoms with Gasteiger partial charge in [0, 0.05) is 19.7 Å². The molecule has 0 amide bonds. The summed E-state index contributed by atoms with van der Waals surface area (Å²) < 4.78 is 7.54. The molecule has 1 saturated heterocycles. The third kappa shape index (κ3) is 2.59. The molecule has 0 radical (unpaired) electrons. The van der Waals surface area contributed by atoms with Crippen LogP contribution in [-0.2, 0) is 18.3 Å². The van der Waals surface area contributed by atoms with E-state index < -0.39 is 0 Å². The third-order valence-electron chi connectivity index (χ3n) is 3.22. The minimum atomic E-state index is 0.368. The summed E-state index contributed by atoms with van der Waals surface area (Å²) in [5.74, 6) is 1.95. The smallest absolute Gasteiger partial charge is 0.146 e. The number of rotatable bonds is 3. The molecular weight excluding hydrogens is 204 g/mol. The van der Waals surface area contributed by atoms with Gasteiger partial charge in [0.1, 0.15) is 11.6 Å². The highest BCUT2D eigenvalue weighted by molar-refractivity contribution is 4.92. The van der Waals surface area contributed by atoms with E-state index in [1.807, 2.05) is 18.5 Å². The van der Waals surface area contributed by atoms with E-state index in [9.17, 15) is 0 Å². The van der Waals surface area contributed by atoms with Gasteiger partial charge < -0.3 is 14.6 Å². The van der Waals surface area contributed by atoms with Crippen LogP contribution < -0.4 is 5.32 Å². The Balaban J connectivity index is 1.85. The van der Waals surface area contributed by atoms with Gasteiger partial charge in [0.15, 0.2) is 0 Å². The first-order chi connectivity index (χ1) is 7.66. The van der Waals surface area contributed by atoms with E-state index in [0.717, 1.165) is 37.6 Å². The topological polar surface area (TPSA) is 52.0 Å². The summed E-state index contributed by atoms with van der Waals surface area (Å²) in [4.78, 5) is 0. The molecule has 5 nitrogen and oxygen atoms in total. The zero-order valence-corrected chi connectivity index (χ0v) is 10.2. The summed E-state index contributed by atoms with van der Waals surface area (Å²) in [6.45, 7) is 5.73. The number of hydrogen-bond donors (Lipinski definition) is 1. The third-order valence-corrected chi connectivity index (χ3v) is 3.22. The van der Waals surface area contributed by atoms with E-state index >= 15 is 0 Å². The van der Waals surface area contributed by atoms with E-state index in [0.29, 0.717) is 12.1 Å². The first-order valence-corrected chi connectivity index (χ1v) is 5.86. The molecule has 2 rings (SSSR count). The number of ether oxygens (including phenoxy) is 1. The molecule has 1 aromatic heterocycles. The Kier molecular flexibility index (Phi) is 3.56. The van der Waals surface area contributed by atoms with Crippen molar-refractivity contribution in [3.63, 3.8) is 0 Å². The van der Waals surface area contributed by atoms with E-state index in [1.165, 1.54) is 0 Å². The van der Waals surface area contributed by atoms with Crippen LogP contribution in [0.2, 0.25) is 0 Å². The van der Waals surface area contributed by atoms with Crippen molar-refractivity contribution in [1.29, 1.82) is 0 Å². The highest BCUT2D eigenvalue weighted by Crippen LogP contribution is 2.13. The Bertz CT molecular complexity index is 350. The van der Waals surface area contributed by atoms with Crippen LogP contribution in [0, 0.1) is 6.92 Å². The molecule has 5 heteroatoms. The van der Waals surface area contributed by atoms with Gasteiger partial charge in [-0.05, 0) is 26.7 Å². The number of aromatic nitrogens is 3. The summed E-state index contributed by atoms with van der Waals surface area (Å²) in [5, 5.41) is 11.7. The fourth-order valence-corrected chi connectivity index (χ4v) is 2.02. The van der Waals surface area contributed by atoms with Gasteiger partial charge >= 0.3 is 0 Å². The number of aryl methyl sites for hydroxylation is 1. The van der Waals surface area contributed by atoms with Crippen molar-refractivity contribution in [2.24, 2.45) is 7.05 Å². The van der Waals surface area contributed by atoms with Crippen LogP contribution in [0.5, 0.6) is 0 Å². The second-order valence-electron chi connectivity index (χ2n) is 4.51. The molecule has 0 aliphatic carbocycles. The lowest BCUT2D eigenvalue weighted by atomic mass is 10.0. The van der Waals surface area contributed by atoms with Crippen molar-refractivity contribution in [2.45, 2.75) is 45.4 Å². The minimum Gasteiger partial charge on any atom is -0.378 e. The highest BCUT2D eigenvalue weighted by atomic mass is 16.5. The van der Waals surface area contributed by atoms with E-state index in [4.69, 9.17) is 4.74 Å². The maximum absolute atomic E-state index is 5.51. The normalized spacial score (nSPS) is 25.9. The molecule has 2 atom stereocenters. The molecule has 1 fully saturated rings. The molecule has 16 heavy (non-hydrogen) atoms. The van der Waals surface area contributed by atoms with Crippen LogP contribution >= 0.6 is 0 Å². The van der Waals surface area contributed by atoms with Crippen LogP contribution in [-0.4, -0.2) is 33.5 Å². The maximum Gasteiger partial charge on any atom is 0.146 e. The summed E-state index contributed by atoms with van der Waals surface area (Å²) in [5.41, 5.74) is 0. The fourth-order valence-electron chi connectivity index (χ4n) is 2.02. The molecule has 2 heterocycles. The minimum absolute atomic E-state index is 0.368. The Morgan fingerprint density at radius 3 is 2.94 bits per heavy atom. The van der Waals surface area contributed by atoms with Crippen molar-refractivity contribution < 1.29 is 4.74 Å². The lowest BCUT2D eigenvalue weighted by Gasteiger charge is -2.27. The molecule has 1 aliphatic heterocycles. The fraction of sp³-hybridized carbons (Fsp3) is 0.818. The molecule has 0 spiro atoms. The van der Waals surface area contributed by atoms with Gasteiger partial charge in [-0.3, -0.25) is 0 Å². The quantitative estimate of drug-likeness (QED) is 0.824. The average Bonchev–Trinajstić information content (AvgIpc) is 2.57. The Morgan fingerprint density at radius 1 is 1.50 bits per heavy atom. The molecular formula is C11H20N4O. The zero-order valence-electron chi connectivity index (χ0n) is 10.2. The monoisotopic (exact) mass is 224 g/mol. The second kappa shape index (κ2) is 4.93. The lowest BCUT2D eigenvalue weighted by molar-refractivity contribution is 0.0129. The van der Waals surface area contributed by atoms with Crippen molar-refractivity contribution >= 4 is 0 Å². The molecule has 1 aliphatic rings. The highest BCUT2D eigenvalue weighted by Gasteiger charge is 2.19. The lowest BCUT2D eigenvalue weighted by Crippen LogP contribution is -2.38. The summed E-state index contributed by atoms with van der Waals surface area (Å²) in [6, 6.07) is 0.542. The second-order valence-corrected chi connectivity index (χ2v) is 4.51. The number of hydrogen-bond acceptors (Lipinski definition) is 4. The van der Waals surface area contributed by atoms with Gasteiger partial charge in [-0.2, -0.15) is 0 Å². The number of nitrogens with one attached hydrogen (secondary N) is 1. The average molecular weight is 224 g/mol. The van der Waals surface area contributed by atoms with Crippen LogP contribution in [0.15, 0.2) is 0 Å². The van der Waals surface area contributed by atoms with Gasteiger partial charge in [-0.15, -0.1) is 10.2 Å².